The molecule has 1 amide bonds. The first kappa shape index (κ1) is 16.4. The van der Waals surface area contributed by atoms with Crippen LogP contribution in [0.4, 0.5) is 0 Å². The van der Waals surface area contributed by atoms with Crippen molar-refractivity contribution >= 4 is 40.4 Å². The van der Waals surface area contributed by atoms with E-state index in [2.05, 4.69) is 17.0 Å². The normalized spacial score (nSPS) is 24.4. The molecule has 1 saturated heterocycles. The van der Waals surface area contributed by atoms with Crippen molar-refractivity contribution < 1.29 is 4.79 Å². The predicted octanol–water partition coefficient (Wildman–Crippen LogP) is 5.91. The van der Waals surface area contributed by atoms with Crippen LogP contribution in [0, 0.1) is 5.92 Å². The average Bonchev–Trinajstić information content (AvgIpc) is 3.28. The van der Waals surface area contributed by atoms with Crippen LogP contribution in [-0.4, -0.2) is 17.4 Å². The van der Waals surface area contributed by atoms with Gasteiger partial charge in [-0.2, -0.15) is 0 Å². The summed E-state index contributed by atoms with van der Waals surface area (Å²) in [6.45, 7) is 0.871. The Balaban J connectivity index is 1.74. The molecule has 2 atom stereocenters. The summed E-state index contributed by atoms with van der Waals surface area (Å²) in [5.74, 6) is 1.22. The van der Waals surface area contributed by atoms with Gasteiger partial charge < -0.3 is 4.90 Å². The van der Waals surface area contributed by atoms with Gasteiger partial charge in [0.25, 0.3) is 0 Å². The van der Waals surface area contributed by atoms with Crippen LogP contribution < -0.4 is 0 Å². The molecule has 1 aliphatic heterocycles. The fraction of sp³-hybridized carbons (Fsp3) is 0.421. The first-order valence-corrected chi connectivity index (χ1v) is 9.99. The number of piperidine rings is 1. The number of hydrogen-bond acceptors (Lipinski definition) is 2. The standard InChI is InChI=1S/C19H19Cl2NOS/c20-14-3-1-2-13(10-14)15-6-9-18(23)22(11-12-4-5-12)19(15)16-7-8-17(21)24-16/h1-3,7-8,10,12,15,19H,4-6,9,11H2/t15-,19?/m1/s1. The molecule has 4 rings (SSSR count). The van der Waals surface area contributed by atoms with Gasteiger partial charge in [-0.15, -0.1) is 11.3 Å². The average molecular weight is 380 g/mol. The Morgan fingerprint density at radius 3 is 2.62 bits per heavy atom. The fourth-order valence-corrected chi connectivity index (χ4v) is 5.11. The second kappa shape index (κ2) is 6.70. The summed E-state index contributed by atoms with van der Waals surface area (Å²) >= 11 is 14.0. The Labute approximate surface area is 156 Å². The SMILES string of the molecule is O=C1CC[C@H](c2cccc(Cl)c2)C(c2ccc(Cl)s2)N1CC1CC1. The van der Waals surface area contributed by atoms with E-state index >= 15 is 0 Å². The van der Waals surface area contributed by atoms with Crippen molar-refractivity contribution in [2.75, 3.05) is 6.54 Å². The van der Waals surface area contributed by atoms with Crippen molar-refractivity contribution in [1.82, 2.24) is 4.90 Å². The van der Waals surface area contributed by atoms with Gasteiger partial charge in [-0.05, 0) is 55.0 Å². The van der Waals surface area contributed by atoms with E-state index in [1.54, 1.807) is 11.3 Å². The number of carbonyl (C=O) groups excluding carboxylic acids is 1. The maximum Gasteiger partial charge on any atom is 0.223 e. The molecule has 1 aromatic carbocycles. The van der Waals surface area contributed by atoms with E-state index in [4.69, 9.17) is 23.2 Å². The minimum absolute atomic E-state index is 0.0721. The molecular formula is C19H19Cl2NOS. The molecule has 0 radical (unpaired) electrons. The lowest BCUT2D eigenvalue weighted by atomic mass is 9.82. The highest BCUT2D eigenvalue weighted by molar-refractivity contribution is 7.16. The largest absolute Gasteiger partial charge is 0.334 e. The Bertz CT molecular complexity index is 755. The summed E-state index contributed by atoms with van der Waals surface area (Å²) in [4.78, 5) is 15.9. The van der Waals surface area contributed by atoms with Crippen LogP contribution in [0.15, 0.2) is 36.4 Å². The first-order valence-electron chi connectivity index (χ1n) is 8.42. The molecule has 1 unspecified atom stereocenters. The number of nitrogens with zero attached hydrogens (tertiary/aromatic N) is 1. The highest BCUT2D eigenvalue weighted by Crippen LogP contribution is 2.47. The first-order chi connectivity index (χ1) is 11.6. The Morgan fingerprint density at radius 1 is 1.12 bits per heavy atom. The molecule has 2 aliphatic rings. The third-order valence-electron chi connectivity index (χ3n) is 5.02. The second-order valence-corrected chi connectivity index (χ2v) is 8.96. The van der Waals surface area contributed by atoms with Crippen molar-refractivity contribution in [1.29, 1.82) is 0 Å². The molecule has 2 heterocycles. The summed E-state index contributed by atoms with van der Waals surface area (Å²) in [6, 6.07) is 12.2. The van der Waals surface area contributed by atoms with Gasteiger partial charge in [0, 0.05) is 28.8 Å². The van der Waals surface area contributed by atoms with Gasteiger partial charge in [0.15, 0.2) is 0 Å². The van der Waals surface area contributed by atoms with Crippen LogP contribution in [0.1, 0.15) is 48.1 Å². The van der Waals surface area contributed by atoms with Crippen LogP contribution in [-0.2, 0) is 4.79 Å². The van der Waals surface area contributed by atoms with Crippen molar-refractivity contribution in [3.63, 3.8) is 0 Å². The number of thiophene rings is 1. The lowest BCUT2D eigenvalue weighted by Gasteiger charge is -2.41. The van der Waals surface area contributed by atoms with E-state index in [1.807, 2.05) is 24.3 Å². The quantitative estimate of drug-likeness (QED) is 0.646. The third-order valence-corrected chi connectivity index (χ3v) is 6.56. The zero-order valence-electron chi connectivity index (χ0n) is 13.3. The fourth-order valence-electron chi connectivity index (χ4n) is 3.67. The molecule has 1 saturated carbocycles. The Morgan fingerprint density at radius 2 is 1.96 bits per heavy atom. The Kier molecular flexibility index (Phi) is 4.59. The van der Waals surface area contributed by atoms with Crippen molar-refractivity contribution in [3.05, 3.63) is 56.2 Å². The number of halogens is 2. The summed E-state index contributed by atoms with van der Waals surface area (Å²) in [7, 11) is 0. The highest BCUT2D eigenvalue weighted by Gasteiger charge is 2.40. The van der Waals surface area contributed by atoms with Crippen LogP contribution >= 0.6 is 34.5 Å². The smallest absolute Gasteiger partial charge is 0.223 e. The maximum atomic E-state index is 12.7. The number of likely N-dealkylation sites (tertiary alicyclic amines) is 1. The Hall–Kier alpha value is -1.03. The molecule has 2 fully saturated rings. The molecule has 24 heavy (non-hydrogen) atoms. The van der Waals surface area contributed by atoms with E-state index in [0.717, 1.165) is 22.3 Å². The molecule has 2 nitrogen and oxygen atoms in total. The molecule has 0 bridgehead atoms. The predicted molar refractivity (Wildman–Crippen MR) is 99.9 cm³/mol. The number of benzene rings is 1. The summed E-state index contributed by atoms with van der Waals surface area (Å²) in [5, 5.41) is 0.751. The minimum atomic E-state index is 0.0721. The lowest BCUT2D eigenvalue weighted by molar-refractivity contribution is -0.137. The van der Waals surface area contributed by atoms with Gasteiger partial charge in [-0.25, -0.2) is 0 Å². The van der Waals surface area contributed by atoms with Crippen molar-refractivity contribution in [2.45, 2.75) is 37.6 Å². The number of hydrogen-bond donors (Lipinski definition) is 0. The molecule has 2 aromatic rings. The van der Waals surface area contributed by atoms with Gasteiger partial charge in [0.1, 0.15) is 0 Å². The topological polar surface area (TPSA) is 20.3 Å². The van der Waals surface area contributed by atoms with Gasteiger partial charge >= 0.3 is 0 Å². The molecule has 1 aliphatic carbocycles. The lowest BCUT2D eigenvalue weighted by Crippen LogP contribution is -2.42. The van der Waals surface area contributed by atoms with Crippen LogP contribution in [0.3, 0.4) is 0 Å². The second-order valence-electron chi connectivity index (χ2n) is 6.78. The van der Waals surface area contributed by atoms with Crippen molar-refractivity contribution in [3.8, 4) is 0 Å². The van der Waals surface area contributed by atoms with E-state index in [0.29, 0.717) is 12.3 Å². The zero-order valence-corrected chi connectivity index (χ0v) is 15.6. The van der Waals surface area contributed by atoms with Gasteiger partial charge in [-0.3, -0.25) is 4.79 Å². The van der Waals surface area contributed by atoms with Gasteiger partial charge in [0.05, 0.1) is 10.4 Å². The van der Waals surface area contributed by atoms with Crippen LogP contribution in [0.25, 0.3) is 0 Å². The van der Waals surface area contributed by atoms with Crippen LogP contribution in [0.2, 0.25) is 9.36 Å². The van der Waals surface area contributed by atoms with E-state index in [9.17, 15) is 4.79 Å². The van der Waals surface area contributed by atoms with Crippen molar-refractivity contribution in [2.24, 2.45) is 5.92 Å². The summed E-state index contributed by atoms with van der Waals surface area (Å²) in [5.41, 5.74) is 1.21. The number of rotatable bonds is 4. The van der Waals surface area contributed by atoms with E-state index in [-0.39, 0.29) is 17.9 Å². The zero-order chi connectivity index (χ0) is 16.7. The minimum Gasteiger partial charge on any atom is -0.334 e. The van der Waals surface area contributed by atoms with E-state index < -0.39 is 0 Å². The maximum absolute atomic E-state index is 12.7. The molecule has 0 spiro atoms. The number of carbonyl (C=O) groups is 1. The molecule has 0 N–H and O–H groups in total. The van der Waals surface area contributed by atoms with Crippen LogP contribution in [0.5, 0.6) is 0 Å². The summed E-state index contributed by atoms with van der Waals surface area (Å²) in [6.07, 6.45) is 3.95. The highest BCUT2D eigenvalue weighted by atomic mass is 35.5. The molecule has 126 valence electrons. The van der Waals surface area contributed by atoms with Gasteiger partial charge in [0.2, 0.25) is 5.91 Å². The van der Waals surface area contributed by atoms with E-state index in [1.165, 1.54) is 23.3 Å². The summed E-state index contributed by atoms with van der Waals surface area (Å²) < 4.78 is 0.777. The van der Waals surface area contributed by atoms with Gasteiger partial charge in [-0.1, -0.05) is 35.3 Å². The monoisotopic (exact) mass is 379 g/mol. The third kappa shape index (κ3) is 3.35. The molecule has 5 heteroatoms. The molecule has 1 aromatic heterocycles. The number of amides is 1. The molecular weight excluding hydrogens is 361 g/mol.